The molecule has 20 heavy (non-hydrogen) atoms. The zero-order valence-corrected chi connectivity index (χ0v) is 11.3. The summed E-state index contributed by atoms with van der Waals surface area (Å²) in [5.41, 5.74) is 2.93. The van der Waals surface area contributed by atoms with Crippen LogP contribution in [0.3, 0.4) is 0 Å². The molecule has 0 N–H and O–H groups in total. The predicted molar refractivity (Wildman–Crippen MR) is 75.2 cm³/mol. The normalized spacial score (nSPS) is 24.4. The van der Waals surface area contributed by atoms with Crippen LogP contribution in [-0.2, 0) is 26.5 Å². The number of methoxy groups -OCH3 is 1. The summed E-state index contributed by atoms with van der Waals surface area (Å²) in [6.07, 6.45) is 0.839. The van der Waals surface area contributed by atoms with E-state index in [1.807, 2.05) is 54.6 Å². The molecular weight excluding hydrogens is 252 g/mol. The molecule has 2 atom stereocenters. The molecule has 0 fully saturated rings. The Labute approximate surface area is 118 Å². The topological polar surface area (TPSA) is 35.5 Å². The number of carbonyl (C=O) groups excluding carboxylic acids is 1. The Hall–Kier alpha value is -1.97. The van der Waals surface area contributed by atoms with Gasteiger partial charge in [-0.2, -0.15) is 0 Å². The highest BCUT2D eigenvalue weighted by molar-refractivity contribution is 5.63. The fraction of sp³-hybridized carbons (Fsp3) is 0.235. The zero-order chi connectivity index (χ0) is 14.0. The fourth-order valence-electron chi connectivity index (χ4n) is 2.76. The molecule has 2 aromatic carbocycles. The van der Waals surface area contributed by atoms with Gasteiger partial charge in [-0.3, -0.25) is 0 Å². The maximum absolute atomic E-state index is 11.2. The number of hydrogen-bond donors (Lipinski definition) is 0. The van der Waals surface area contributed by atoms with E-state index in [4.69, 9.17) is 9.47 Å². The first-order valence-corrected chi connectivity index (χ1v) is 6.61. The van der Waals surface area contributed by atoms with E-state index < -0.39 is 11.9 Å². The molecule has 0 radical (unpaired) electrons. The molecule has 1 heterocycles. The van der Waals surface area contributed by atoms with Crippen molar-refractivity contribution in [3.8, 4) is 0 Å². The molecule has 1 aliphatic heterocycles. The van der Waals surface area contributed by atoms with Crippen LogP contribution in [-0.4, -0.2) is 13.4 Å². The van der Waals surface area contributed by atoms with Crippen LogP contribution in [0.4, 0.5) is 0 Å². The van der Waals surface area contributed by atoms with Gasteiger partial charge in [-0.25, -0.2) is 0 Å². The van der Waals surface area contributed by atoms with Crippen molar-refractivity contribution in [2.24, 2.45) is 0 Å². The summed E-state index contributed by atoms with van der Waals surface area (Å²) in [6.45, 7) is 0. The molecule has 3 heteroatoms. The molecule has 0 spiro atoms. The smallest absolute Gasteiger partial charge is 0.200 e. The lowest BCUT2D eigenvalue weighted by atomic mass is 9.95. The summed E-state index contributed by atoms with van der Waals surface area (Å²) >= 11 is 0. The van der Waals surface area contributed by atoms with E-state index in [1.54, 1.807) is 7.11 Å². The second-order valence-electron chi connectivity index (χ2n) is 4.88. The second-order valence-corrected chi connectivity index (χ2v) is 4.88. The first-order chi connectivity index (χ1) is 9.79. The van der Waals surface area contributed by atoms with Crippen molar-refractivity contribution in [2.45, 2.75) is 18.3 Å². The van der Waals surface area contributed by atoms with Gasteiger partial charge in [-0.05, 0) is 11.1 Å². The molecule has 0 amide bonds. The highest BCUT2D eigenvalue weighted by atomic mass is 16.7. The number of hydrogen-bond acceptors (Lipinski definition) is 3. The molecule has 102 valence electrons. The molecule has 2 aromatic rings. The first kappa shape index (κ1) is 13.0. The van der Waals surface area contributed by atoms with E-state index in [0.29, 0.717) is 6.42 Å². The van der Waals surface area contributed by atoms with Gasteiger partial charge in [0.2, 0.25) is 0 Å². The molecule has 0 aromatic heterocycles. The van der Waals surface area contributed by atoms with Gasteiger partial charge in [-0.15, -0.1) is 0 Å². The zero-order valence-electron chi connectivity index (χ0n) is 11.3. The Bertz CT molecular complexity index is 609. The maximum atomic E-state index is 11.2. The number of rotatable bonds is 4. The van der Waals surface area contributed by atoms with Crippen LogP contribution in [0.5, 0.6) is 0 Å². The average Bonchev–Trinajstić information content (AvgIpc) is 2.83. The van der Waals surface area contributed by atoms with Crippen LogP contribution in [0.1, 0.15) is 22.8 Å². The summed E-state index contributed by atoms with van der Waals surface area (Å²) in [4.78, 5) is 11.2. The summed E-state index contributed by atoms with van der Waals surface area (Å²) in [6, 6.07) is 17.7. The Kier molecular flexibility index (Phi) is 3.38. The molecule has 0 saturated carbocycles. The number of benzene rings is 2. The number of aldehydes is 1. The van der Waals surface area contributed by atoms with Gasteiger partial charge in [0.25, 0.3) is 0 Å². The van der Waals surface area contributed by atoms with Gasteiger partial charge in [0, 0.05) is 19.1 Å². The van der Waals surface area contributed by atoms with Gasteiger partial charge in [0.05, 0.1) is 0 Å². The Morgan fingerprint density at radius 2 is 1.85 bits per heavy atom. The van der Waals surface area contributed by atoms with Gasteiger partial charge >= 0.3 is 0 Å². The quantitative estimate of drug-likeness (QED) is 0.800. The molecule has 3 nitrogen and oxygen atoms in total. The van der Waals surface area contributed by atoms with Crippen LogP contribution in [0.2, 0.25) is 0 Å². The van der Waals surface area contributed by atoms with Crippen LogP contribution in [0, 0.1) is 0 Å². The van der Waals surface area contributed by atoms with E-state index in [1.165, 1.54) is 0 Å². The number of fused-ring (bicyclic) bond motifs is 1. The standard InChI is InChI=1S/C17H16O3/c1-19-17(11-13-7-3-2-4-8-13)15-10-6-5-9-14(15)16(12-18)20-17/h2-10,12,16H,11H2,1H3. The lowest BCUT2D eigenvalue weighted by Gasteiger charge is -2.28. The monoisotopic (exact) mass is 268 g/mol. The van der Waals surface area contributed by atoms with Crippen LogP contribution >= 0.6 is 0 Å². The minimum Gasteiger partial charge on any atom is -0.349 e. The van der Waals surface area contributed by atoms with Crippen molar-refractivity contribution < 1.29 is 14.3 Å². The Balaban J connectivity index is 2.04. The third-order valence-electron chi connectivity index (χ3n) is 3.73. The van der Waals surface area contributed by atoms with Crippen molar-refractivity contribution in [2.75, 3.05) is 7.11 Å². The summed E-state index contributed by atoms with van der Waals surface area (Å²) in [7, 11) is 1.62. The molecular formula is C17H16O3. The molecule has 1 aliphatic rings. The van der Waals surface area contributed by atoms with Crippen molar-refractivity contribution in [3.05, 3.63) is 71.3 Å². The van der Waals surface area contributed by atoms with Crippen molar-refractivity contribution in [1.82, 2.24) is 0 Å². The third kappa shape index (κ3) is 2.05. The van der Waals surface area contributed by atoms with E-state index in [-0.39, 0.29) is 0 Å². The van der Waals surface area contributed by atoms with Crippen molar-refractivity contribution >= 4 is 6.29 Å². The number of ether oxygens (including phenoxy) is 2. The van der Waals surface area contributed by atoms with E-state index in [0.717, 1.165) is 23.0 Å². The minimum absolute atomic E-state index is 0.560. The van der Waals surface area contributed by atoms with E-state index in [2.05, 4.69) is 0 Å². The number of carbonyl (C=O) groups is 1. The third-order valence-corrected chi connectivity index (χ3v) is 3.73. The van der Waals surface area contributed by atoms with Gasteiger partial charge in [0.1, 0.15) is 6.10 Å². The van der Waals surface area contributed by atoms with Crippen LogP contribution < -0.4 is 0 Å². The SMILES string of the molecule is COC1(Cc2ccccc2)OC(C=O)c2ccccc21. The van der Waals surface area contributed by atoms with Crippen molar-refractivity contribution in [3.63, 3.8) is 0 Å². The van der Waals surface area contributed by atoms with Gasteiger partial charge in [0.15, 0.2) is 12.1 Å². The lowest BCUT2D eigenvalue weighted by molar-refractivity contribution is -0.234. The first-order valence-electron chi connectivity index (χ1n) is 6.61. The molecule has 0 saturated heterocycles. The molecule has 0 bridgehead atoms. The predicted octanol–water partition coefficient (Wildman–Crippen LogP) is 3.00. The van der Waals surface area contributed by atoms with Crippen LogP contribution in [0.15, 0.2) is 54.6 Å². The van der Waals surface area contributed by atoms with E-state index >= 15 is 0 Å². The molecule has 0 aliphatic carbocycles. The van der Waals surface area contributed by atoms with Gasteiger partial charge < -0.3 is 14.3 Å². The lowest BCUT2D eigenvalue weighted by Crippen LogP contribution is -2.31. The molecule has 3 rings (SSSR count). The van der Waals surface area contributed by atoms with Crippen LogP contribution in [0.25, 0.3) is 0 Å². The summed E-state index contributed by atoms with van der Waals surface area (Å²) in [5.74, 6) is -0.885. The minimum atomic E-state index is -0.885. The Morgan fingerprint density at radius 3 is 2.55 bits per heavy atom. The maximum Gasteiger partial charge on any atom is 0.200 e. The second kappa shape index (κ2) is 5.19. The van der Waals surface area contributed by atoms with E-state index in [9.17, 15) is 4.79 Å². The summed E-state index contributed by atoms with van der Waals surface area (Å²) < 4.78 is 11.6. The largest absolute Gasteiger partial charge is 0.349 e. The highest BCUT2D eigenvalue weighted by Gasteiger charge is 2.45. The van der Waals surface area contributed by atoms with Crippen molar-refractivity contribution in [1.29, 1.82) is 0 Å². The fourth-order valence-corrected chi connectivity index (χ4v) is 2.76. The average molecular weight is 268 g/mol. The molecule has 2 unspecified atom stereocenters. The van der Waals surface area contributed by atoms with Gasteiger partial charge in [-0.1, -0.05) is 54.6 Å². The summed E-state index contributed by atoms with van der Waals surface area (Å²) in [5, 5.41) is 0. The Morgan fingerprint density at radius 1 is 1.15 bits per heavy atom. The highest BCUT2D eigenvalue weighted by Crippen LogP contribution is 2.45.